The molecule has 1 heterocycles. The van der Waals surface area contributed by atoms with E-state index >= 15 is 0 Å². The van der Waals surface area contributed by atoms with E-state index in [1.165, 1.54) is 5.06 Å². The summed E-state index contributed by atoms with van der Waals surface area (Å²) >= 11 is 0. The summed E-state index contributed by atoms with van der Waals surface area (Å²) in [4.78, 5) is 17.7. The van der Waals surface area contributed by atoms with Crippen LogP contribution in [0.2, 0.25) is 0 Å². The second kappa shape index (κ2) is 6.08. The molecule has 0 fully saturated rings. The Balaban J connectivity index is 1.65. The van der Waals surface area contributed by atoms with Crippen LogP contribution in [0.15, 0.2) is 54.6 Å². The first-order chi connectivity index (χ1) is 10.2. The fourth-order valence-corrected chi connectivity index (χ4v) is 2.42. The Kier molecular flexibility index (Phi) is 3.99. The summed E-state index contributed by atoms with van der Waals surface area (Å²) in [5.74, 6) is -0.208. The second-order valence-corrected chi connectivity index (χ2v) is 5.10. The monoisotopic (exact) mass is 283 g/mol. The van der Waals surface area contributed by atoms with E-state index < -0.39 is 6.10 Å². The first-order valence-electron chi connectivity index (χ1n) is 6.97. The predicted octanol–water partition coefficient (Wildman–Crippen LogP) is 2.58. The molecule has 0 saturated heterocycles. The van der Waals surface area contributed by atoms with Crippen LogP contribution >= 0.6 is 0 Å². The smallest absolute Gasteiger partial charge is 0.249 e. The van der Waals surface area contributed by atoms with Crippen molar-refractivity contribution in [1.82, 2.24) is 5.06 Å². The van der Waals surface area contributed by atoms with Gasteiger partial charge in [-0.2, -0.15) is 0 Å². The van der Waals surface area contributed by atoms with E-state index in [0.717, 1.165) is 16.7 Å². The molecule has 4 nitrogen and oxygen atoms in total. The zero-order valence-corrected chi connectivity index (χ0v) is 11.6. The van der Waals surface area contributed by atoms with E-state index in [1.54, 1.807) is 0 Å². The molecule has 2 aromatic rings. The lowest BCUT2D eigenvalue weighted by atomic mass is 10.1. The van der Waals surface area contributed by atoms with Crippen molar-refractivity contribution in [3.63, 3.8) is 0 Å². The van der Waals surface area contributed by atoms with Gasteiger partial charge in [0.1, 0.15) is 6.61 Å². The van der Waals surface area contributed by atoms with Gasteiger partial charge in [0.2, 0.25) is 5.91 Å². The van der Waals surface area contributed by atoms with Crippen molar-refractivity contribution < 1.29 is 14.7 Å². The molecule has 2 aromatic carbocycles. The molecule has 0 radical (unpaired) electrons. The third-order valence-corrected chi connectivity index (χ3v) is 3.64. The number of carbonyl (C=O) groups is 1. The second-order valence-electron chi connectivity index (χ2n) is 5.10. The lowest BCUT2D eigenvalue weighted by molar-refractivity contribution is -0.202. The molecule has 0 bridgehead atoms. The molecule has 0 spiro atoms. The van der Waals surface area contributed by atoms with Gasteiger partial charge in [-0.1, -0.05) is 54.6 Å². The maximum atomic E-state index is 12.2. The molecule has 3 rings (SSSR count). The number of amides is 1. The molecular weight excluding hydrogens is 266 g/mol. The molecule has 21 heavy (non-hydrogen) atoms. The van der Waals surface area contributed by atoms with Crippen LogP contribution in [0.25, 0.3) is 0 Å². The number of carbonyl (C=O) groups excluding carboxylic acids is 1. The number of benzene rings is 2. The standard InChI is InChI=1S/C17H17NO3/c19-16(13-6-2-1-3-7-13)10-17(20)18-11-14-8-4-5-9-15(14)12-21-18/h1-9,16,19H,10-12H2. The Morgan fingerprint density at radius 1 is 1.10 bits per heavy atom. The van der Waals surface area contributed by atoms with E-state index in [-0.39, 0.29) is 12.3 Å². The highest BCUT2D eigenvalue weighted by Crippen LogP contribution is 2.23. The van der Waals surface area contributed by atoms with Crippen LogP contribution in [0.5, 0.6) is 0 Å². The molecule has 1 amide bonds. The van der Waals surface area contributed by atoms with Crippen molar-refractivity contribution in [1.29, 1.82) is 0 Å². The highest BCUT2D eigenvalue weighted by Gasteiger charge is 2.24. The fraction of sp³-hybridized carbons (Fsp3) is 0.235. The molecule has 4 heteroatoms. The lowest BCUT2D eigenvalue weighted by Crippen LogP contribution is -2.34. The zero-order chi connectivity index (χ0) is 14.7. The van der Waals surface area contributed by atoms with Gasteiger partial charge in [-0.05, 0) is 16.7 Å². The SMILES string of the molecule is O=C(CC(O)c1ccccc1)N1Cc2ccccc2CO1. The number of aliphatic hydroxyl groups excluding tert-OH is 1. The Morgan fingerprint density at radius 2 is 1.76 bits per heavy atom. The third-order valence-electron chi connectivity index (χ3n) is 3.64. The van der Waals surface area contributed by atoms with Crippen LogP contribution in [0.3, 0.4) is 0 Å². The number of fused-ring (bicyclic) bond motifs is 1. The number of hydrogen-bond acceptors (Lipinski definition) is 3. The number of rotatable bonds is 3. The first-order valence-corrected chi connectivity index (χ1v) is 6.97. The summed E-state index contributed by atoms with van der Waals surface area (Å²) in [7, 11) is 0. The summed E-state index contributed by atoms with van der Waals surface area (Å²) in [6, 6.07) is 17.1. The molecular formula is C17H17NO3. The summed E-state index contributed by atoms with van der Waals surface area (Å²) < 4.78 is 0. The maximum absolute atomic E-state index is 12.2. The first kappa shape index (κ1) is 13.8. The molecule has 1 N–H and O–H groups in total. The highest BCUT2D eigenvalue weighted by molar-refractivity contribution is 5.76. The van der Waals surface area contributed by atoms with Gasteiger partial charge in [0, 0.05) is 0 Å². The Bertz CT molecular complexity index is 627. The van der Waals surface area contributed by atoms with Crippen molar-refractivity contribution in [3.05, 3.63) is 71.3 Å². The van der Waals surface area contributed by atoms with Crippen molar-refractivity contribution >= 4 is 5.91 Å². The van der Waals surface area contributed by atoms with E-state index in [9.17, 15) is 9.90 Å². The fourth-order valence-electron chi connectivity index (χ4n) is 2.42. The minimum Gasteiger partial charge on any atom is -0.388 e. The predicted molar refractivity (Wildman–Crippen MR) is 77.8 cm³/mol. The lowest BCUT2D eigenvalue weighted by Gasteiger charge is -2.28. The average molecular weight is 283 g/mol. The van der Waals surface area contributed by atoms with Crippen molar-refractivity contribution in [2.75, 3.05) is 0 Å². The van der Waals surface area contributed by atoms with Gasteiger partial charge in [0.25, 0.3) is 0 Å². The number of aliphatic hydroxyl groups is 1. The van der Waals surface area contributed by atoms with Crippen LogP contribution in [-0.4, -0.2) is 16.1 Å². The summed E-state index contributed by atoms with van der Waals surface area (Å²) in [5.41, 5.74) is 2.93. The molecule has 1 atom stereocenters. The van der Waals surface area contributed by atoms with Crippen molar-refractivity contribution in [2.45, 2.75) is 25.7 Å². The van der Waals surface area contributed by atoms with Gasteiger partial charge in [0.05, 0.1) is 19.1 Å². The van der Waals surface area contributed by atoms with Crippen LogP contribution in [0.1, 0.15) is 29.2 Å². The summed E-state index contributed by atoms with van der Waals surface area (Å²) in [6.45, 7) is 0.819. The Hall–Kier alpha value is -2.17. The highest BCUT2D eigenvalue weighted by atomic mass is 16.7. The molecule has 108 valence electrons. The summed E-state index contributed by atoms with van der Waals surface area (Å²) in [6.07, 6.45) is -0.786. The van der Waals surface area contributed by atoms with Crippen molar-refractivity contribution in [2.24, 2.45) is 0 Å². The number of hydroxylamine groups is 2. The maximum Gasteiger partial charge on any atom is 0.249 e. The molecule has 1 aliphatic rings. The van der Waals surface area contributed by atoms with Crippen LogP contribution in [-0.2, 0) is 22.8 Å². The van der Waals surface area contributed by atoms with E-state index in [0.29, 0.717) is 13.2 Å². The van der Waals surface area contributed by atoms with Gasteiger partial charge >= 0.3 is 0 Å². The minimum absolute atomic E-state index is 0.0200. The minimum atomic E-state index is -0.806. The molecule has 0 saturated carbocycles. The Morgan fingerprint density at radius 3 is 2.52 bits per heavy atom. The van der Waals surface area contributed by atoms with E-state index in [2.05, 4.69) is 0 Å². The zero-order valence-electron chi connectivity index (χ0n) is 11.6. The largest absolute Gasteiger partial charge is 0.388 e. The van der Waals surface area contributed by atoms with Gasteiger partial charge in [0.15, 0.2) is 0 Å². The summed E-state index contributed by atoms with van der Waals surface area (Å²) in [5, 5.41) is 11.5. The topological polar surface area (TPSA) is 49.8 Å². The van der Waals surface area contributed by atoms with Crippen LogP contribution in [0, 0.1) is 0 Å². The molecule has 0 aromatic heterocycles. The Labute approximate surface area is 123 Å². The molecule has 1 aliphatic heterocycles. The number of hydrogen-bond donors (Lipinski definition) is 1. The van der Waals surface area contributed by atoms with Gasteiger partial charge in [-0.15, -0.1) is 0 Å². The van der Waals surface area contributed by atoms with Gasteiger partial charge < -0.3 is 5.11 Å². The third kappa shape index (κ3) is 3.12. The molecule has 0 aliphatic carbocycles. The molecule has 1 unspecified atom stereocenters. The van der Waals surface area contributed by atoms with Gasteiger partial charge in [-0.3, -0.25) is 9.63 Å². The van der Waals surface area contributed by atoms with Crippen LogP contribution in [0.4, 0.5) is 0 Å². The van der Waals surface area contributed by atoms with E-state index in [1.807, 2.05) is 54.6 Å². The quantitative estimate of drug-likeness (QED) is 0.942. The van der Waals surface area contributed by atoms with E-state index in [4.69, 9.17) is 4.84 Å². The van der Waals surface area contributed by atoms with Gasteiger partial charge in [-0.25, -0.2) is 5.06 Å². The normalized spacial score (nSPS) is 15.4. The van der Waals surface area contributed by atoms with Crippen molar-refractivity contribution in [3.8, 4) is 0 Å². The average Bonchev–Trinajstić information content (AvgIpc) is 2.55. The van der Waals surface area contributed by atoms with Crippen LogP contribution < -0.4 is 0 Å². The number of nitrogens with zero attached hydrogens (tertiary/aromatic N) is 1.